The first-order valence-electron chi connectivity index (χ1n) is 16.7. The minimum absolute atomic E-state index is 0.646. The van der Waals surface area contributed by atoms with E-state index in [1.807, 2.05) is 48.8 Å². The number of fused-ring (bicyclic) bond motifs is 2. The fourth-order valence-corrected chi connectivity index (χ4v) is 6.93. The molecule has 50 heavy (non-hydrogen) atoms. The summed E-state index contributed by atoms with van der Waals surface area (Å²) in [6, 6.07) is 57.2. The molecule has 4 nitrogen and oxygen atoms in total. The van der Waals surface area contributed by atoms with Crippen molar-refractivity contribution in [3.8, 4) is 67.4 Å². The van der Waals surface area contributed by atoms with E-state index in [-0.39, 0.29) is 0 Å². The molecule has 3 heterocycles. The lowest BCUT2D eigenvalue weighted by Gasteiger charge is -2.18. The van der Waals surface area contributed by atoms with Crippen LogP contribution < -0.4 is 0 Å². The zero-order valence-electron chi connectivity index (χ0n) is 27.1. The molecule has 0 aliphatic carbocycles. The Hall–Kier alpha value is -6.78. The number of pyridine rings is 2. The van der Waals surface area contributed by atoms with Crippen LogP contribution in [0.3, 0.4) is 0 Å². The molecule has 0 spiro atoms. The second kappa shape index (κ2) is 12.7. The summed E-state index contributed by atoms with van der Waals surface area (Å²) in [4.78, 5) is 19.2. The molecule has 0 amide bonds. The standard InChI is InChI=1S/C46H30N4/c1-2-13-31(14-3-1)44-37-20-4-6-22-39(37)45(40-23-7-5-21-38(40)44)34-17-10-16-33(27-34)42-29-43(36-19-12-25-47-30-36)50-46(49-42)35-18-11-15-32(28-35)41-24-8-9-26-48-41/h1-30H. The van der Waals surface area contributed by atoms with Crippen molar-refractivity contribution in [3.63, 3.8) is 0 Å². The summed E-state index contributed by atoms with van der Waals surface area (Å²) in [7, 11) is 0. The summed E-state index contributed by atoms with van der Waals surface area (Å²) in [5, 5.41) is 4.89. The molecule has 4 heteroatoms. The van der Waals surface area contributed by atoms with E-state index in [0.717, 1.165) is 44.9 Å². The van der Waals surface area contributed by atoms with E-state index >= 15 is 0 Å². The van der Waals surface area contributed by atoms with Gasteiger partial charge in [0.2, 0.25) is 0 Å². The van der Waals surface area contributed by atoms with Crippen LogP contribution in [0.5, 0.6) is 0 Å². The first kappa shape index (κ1) is 29.4. The third kappa shape index (κ3) is 5.39. The van der Waals surface area contributed by atoms with Crippen molar-refractivity contribution in [3.05, 3.63) is 182 Å². The molecule has 0 unspecified atom stereocenters. The van der Waals surface area contributed by atoms with Crippen molar-refractivity contribution in [2.75, 3.05) is 0 Å². The number of nitrogens with zero attached hydrogens (tertiary/aromatic N) is 4. The molecular formula is C46H30N4. The zero-order chi connectivity index (χ0) is 33.3. The van der Waals surface area contributed by atoms with Gasteiger partial charge in [0.1, 0.15) is 0 Å². The fraction of sp³-hybridized carbons (Fsp3) is 0. The monoisotopic (exact) mass is 638 g/mol. The molecule has 9 rings (SSSR count). The summed E-state index contributed by atoms with van der Waals surface area (Å²) >= 11 is 0. The molecule has 6 aromatic carbocycles. The quantitative estimate of drug-likeness (QED) is 0.170. The molecule has 0 N–H and O–H groups in total. The molecule has 3 aromatic heterocycles. The van der Waals surface area contributed by atoms with Gasteiger partial charge < -0.3 is 0 Å². The fourth-order valence-electron chi connectivity index (χ4n) is 6.93. The van der Waals surface area contributed by atoms with Crippen LogP contribution in [0.4, 0.5) is 0 Å². The van der Waals surface area contributed by atoms with Crippen molar-refractivity contribution < 1.29 is 0 Å². The average molecular weight is 639 g/mol. The van der Waals surface area contributed by atoms with Gasteiger partial charge in [0.25, 0.3) is 0 Å². The lowest BCUT2D eigenvalue weighted by molar-refractivity contribution is 1.18. The van der Waals surface area contributed by atoms with Gasteiger partial charge in [-0.2, -0.15) is 0 Å². The van der Waals surface area contributed by atoms with Gasteiger partial charge in [-0.3, -0.25) is 9.97 Å². The summed E-state index contributed by atoms with van der Waals surface area (Å²) in [5.41, 5.74) is 11.3. The number of rotatable bonds is 6. The Balaban J connectivity index is 1.24. The Morgan fingerprint density at radius 1 is 0.320 bits per heavy atom. The predicted octanol–water partition coefficient (Wildman–Crippen LogP) is 11.6. The molecular weight excluding hydrogens is 609 g/mol. The average Bonchev–Trinajstić information content (AvgIpc) is 3.21. The minimum atomic E-state index is 0.646. The summed E-state index contributed by atoms with van der Waals surface area (Å²) in [6.45, 7) is 0. The minimum Gasteiger partial charge on any atom is -0.264 e. The van der Waals surface area contributed by atoms with Crippen LogP contribution in [0.25, 0.3) is 89.0 Å². The molecule has 9 aromatic rings. The highest BCUT2D eigenvalue weighted by molar-refractivity contribution is 6.21. The maximum atomic E-state index is 5.20. The van der Waals surface area contributed by atoms with E-state index in [9.17, 15) is 0 Å². The van der Waals surface area contributed by atoms with Crippen molar-refractivity contribution >= 4 is 21.5 Å². The number of hydrogen-bond donors (Lipinski definition) is 0. The van der Waals surface area contributed by atoms with Gasteiger partial charge in [-0.1, -0.05) is 121 Å². The van der Waals surface area contributed by atoms with Gasteiger partial charge in [-0.25, -0.2) is 9.97 Å². The van der Waals surface area contributed by atoms with Crippen LogP contribution >= 0.6 is 0 Å². The van der Waals surface area contributed by atoms with Crippen LogP contribution in [0, 0.1) is 0 Å². The second-order valence-electron chi connectivity index (χ2n) is 12.3. The highest BCUT2D eigenvalue weighted by atomic mass is 14.9. The van der Waals surface area contributed by atoms with Crippen molar-refractivity contribution in [2.24, 2.45) is 0 Å². The summed E-state index contributed by atoms with van der Waals surface area (Å²) in [5.74, 6) is 0.646. The van der Waals surface area contributed by atoms with Crippen LogP contribution in [0.1, 0.15) is 0 Å². The van der Waals surface area contributed by atoms with Gasteiger partial charge in [-0.15, -0.1) is 0 Å². The summed E-state index contributed by atoms with van der Waals surface area (Å²) in [6.07, 6.45) is 5.45. The van der Waals surface area contributed by atoms with E-state index in [4.69, 9.17) is 9.97 Å². The topological polar surface area (TPSA) is 51.6 Å². The molecule has 0 aliphatic heterocycles. The van der Waals surface area contributed by atoms with Crippen molar-refractivity contribution in [2.45, 2.75) is 0 Å². The Kier molecular flexibility index (Phi) is 7.45. The van der Waals surface area contributed by atoms with Crippen LogP contribution in [0.15, 0.2) is 182 Å². The van der Waals surface area contributed by atoms with E-state index in [2.05, 4.69) is 137 Å². The molecule has 0 fully saturated rings. The lowest BCUT2D eigenvalue weighted by Crippen LogP contribution is -1.97. The number of hydrogen-bond acceptors (Lipinski definition) is 4. The highest BCUT2D eigenvalue weighted by Gasteiger charge is 2.18. The maximum Gasteiger partial charge on any atom is 0.160 e. The Bertz CT molecular complexity index is 2580. The van der Waals surface area contributed by atoms with Crippen LogP contribution in [-0.4, -0.2) is 19.9 Å². The third-order valence-electron chi connectivity index (χ3n) is 9.21. The highest BCUT2D eigenvalue weighted by Crippen LogP contribution is 2.44. The summed E-state index contributed by atoms with van der Waals surface area (Å²) < 4.78 is 0. The van der Waals surface area contributed by atoms with Gasteiger partial charge in [0, 0.05) is 40.8 Å². The molecule has 0 saturated carbocycles. The largest absolute Gasteiger partial charge is 0.264 e. The van der Waals surface area contributed by atoms with Gasteiger partial charge in [0.05, 0.1) is 17.1 Å². The SMILES string of the molecule is c1ccc(-c2c3ccccc3c(-c3cccc(-c4cc(-c5cccnc5)nc(-c5cccc(-c6ccccn6)c5)n4)c3)c3ccccc23)cc1. The number of benzene rings is 6. The smallest absolute Gasteiger partial charge is 0.160 e. The van der Waals surface area contributed by atoms with Crippen LogP contribution in [-0.2, 0) is 0 Å². The molecule has 0 atom stereocenters. The van der Waals surface area contributed by atoms with Crippen molar-refractivity contribution in [1.82, 2.24) is 19.9 Å². The van der Waals surface area contributed by atoms with Crippen LogP contribution in [0.2, 0.25) is 0 Å². The number of aromatic nitrogens is 4. The van der Waals surface area contributed by atoms with Gasteiger partial charge in [-0.05, 0) is 86.3 Å². The van der Waals surface area contributed by atoms with E-state index in [1.165, 1.54) is 38.2 Å². The Labute approximate surface area is 290 Å². The predicted molar refractivity (Wildman–Crippen MR) is 205 cm³/mol. The first-order chi connectivity index (χ1) is 24.8. The molecule has 0 radical (unpaired) electrons. The molecule has 0 bridgehead atoms. The van der Waals surface area contributed by atoms with Crippen molar-refractivity contribution in [1.29, 1.82) is 0 Å². The van der Waals surface area contributed by atoms with E-state index in [0.29, 0.717) is 5.82 Å². The zero-order valence-corrected chi connectivity index (χ0v) is 27.1. The van der Waals surface area contributed by atoms with Gasteiger partial charge >= 0.3 is 0 Å². The van der Waals surface area contributed by atoms with E-state index in [1.54, 1.807) is 6.20 Å². The van der Waals surface area contributed by atoms with Gasteiger partial charge in [0.15, 0.2) is 5.82 Å². The molecule has 0 aliphatic rings. The Morgan fingerprint density at radius 2 is 0.840 bits per heavy atom. The first-order valence-corrected chi connectivity index (χ1v) is 16.7. The molecule has 0 saturated heterocycles. The normalized spacial score (nSPS) is 11.2. The molecule has 234 valence electrons. The third-order valence-corrected chi connectivity index (χ3v) is 9.21. The Morgan fingerprint density at radius 3 is 1.48 bits per heavy atom. The van der Waals surface area contributed by atoms with E-state index < -0.39 is 0 Å². The second-order valence-corrected chi connectivity index (χ2v) is 12.3. The lowest BCUT2D eigenvalue weighted by atomic mass is 9.85. The maximum absolute atomic E-state index is 5.20.